The topological polar surface area (TPSA) is 29.3 Å². The summed E-state index contributed by atoms with van der Waals surface area (Å²) in [6.45, 7) is 1.78. The Morgan fingerprint density at radius 2 is 2.25 bits per heavy atom. The monoisotopic (exact) mass is 220 g/mol. The third-order valence-electron chi connectivity index (χ3n) is 4.06. The molecule has 2 atom stereocenters. The van der Waals surface area contributed by atoms with Crippen LogP contribution >= 0.6 is 0 Å². The lowest BCUT2D eigenvalue weighted by molar-refractivity contribution is 0.252. The van der Waals surface area contributed by atoms with Crippen molar-refractivity contribution in [2.24, 2.45) is 11.7 Å². The fourth-order valence-corrected chi connectivity index (χ4v) is 2.96. The van der Waals surface area contributed by atoms with E-state index in [1.807, 2.05) is 6.07 Å². The van der Waals surface area contributed by atoms with Crippen LogP contribution in [0.4, 0.5) is 10.1 Å². The van der Waals surface area contributed by atoms with Crippen LogP contribution in [0, 0.1) is 11.7 Å². The van der Waals surface area contributed by atoms with Crippen molar-refractivity contribution in [3.8, 4) is 0 Å². The van der Waals surface area contributed by atoms with Gasteiger partial charge in [-0.3, -0.25) is 0 Å². The highest BCUT2D eigenvalue weighted by Gasteiger charge is 2.37. The van der Waals surface area contributed by atoms with E-state index in [4.69, 9.17) is 5.73 Å². The lowest BCUT2D eigenvalue weighted by atomic mass is 9.78. The Bertz CT molecular complexity index is 403. The zero-order valence-electron chi connectivity index (χ0n) is 9.32. The first-order chi connectivity index (χ1) is 7.79. The highest BCUT2D eigenvalue weighted by atomic mass is 19.1. The highest BCUT2D eigenvalue weighted by molar-refractivity contribution is 5.59. The van der Waals surface area contributed by atoms with E-state index < -0.39 is 0 Å². The van der Waals surface area contributed by atoms with Gasteiger partial charge in [0.25, 0.3) is 0 Å². The summed E-state index contributed by atoms with van der Waals surface area (Å²) in [6, 6.07) is 5.70. The van der Waals surface area contributed by atoms with Gasteiger partial charge in [0.15, 0.2) is 0 Å². The summed E-state index contributed by atoms with van der Waals surface area (Å²) < 4.78 is 13.2. The van der Waals surface area contributed by atoms with Crippen molar-refractivity contribution in [2.45, 2.75) is 25.3 Å². The predicted molar refractivity (Wildman–Crippen MR) is 63.0 cm³/mol. The van der Waals surface area contributed by atoms with E-state index >= 15 is 0 Å². The van der Waals surface area contributed by atoms with Gasteiger partial charge >= 0.3 is 0 Å². The van der Waals surface area contributed by atoms with Crippen LogP contribution in [-0.4, -0.2) is 19.1 Å². The Hall–Kier alpha value is -1.09. The average Bonchev–Trinajstić information content (AvgIpc) is 2.61. The van der Waals surface area contributed by atoms with Crippen LogP contribution in [0.1, 0.15) is 18.4 Å². The normalized spacial score (nSPS) is 27.8. The molecular formula is C13H17FN2. The summed E-state index contributed by atoms with van der Waals surface area (Å²) in [4.78, 5) is 2.36. The molecule has 0 saturated heterocycles. The van der Waals surface area contributed by atoms with E-state index in [1.54, 1.807) is 12.1 Å². The van der Waals surface area contributed by atoms with E-state index in [9.17, 15) is 4.39 Å². The molecule has 1 fully saturated rings. The summed E-state index contributed by atoms with van der Waals surface area (Å²) in [7, 11) is 0. The third-order valence-corrected chi connectivity index (χ3v) is 4.06. The van der Waals surface area contributed by atoms with E-state index in [1.165, 1.54) is 18.4 Å². The van der Waals surface area contributed by atoms with Crippen LogP contribution in [0.5, 0.6) is 0 Å². The molecule has 0 spiro atoms. The Morgan fingerprint density at radius 1 is 1.38 bits per heavy atom. The summed E-state index contributed by atoms with van der Waals surface area (Å²) >= 11 is 0. The molecule has 0 radical (unpaired) electrons. The second-order valence-corrected chi connectivity index (χ2v) is 4.86. The molecule has 2 unspecified atom stereocenters. The Labute approximate surface area is 95.2 Å². The third kappa shape index (κ3) is 1.42. The van der Waals surface area contributed by atoms with Gasteiger partial charge in [-0.05, 0) is 49.4 Å². The van der Waals surface area contributed by atoms with Crippen LogP contribution < -0.4 is 10.6 Å². The van der Waals surface area contributed by atoms with Crippen LogP contribution in [0.2, 0.25) is 0 Å². The summed E-state index contributed by atoms with van der Waals surface area (Å²) in [5, 5.41) is 0. The number of benzene rings is 1. The van der Waals surface area contributed by atoms with Crippen LogP contribution in [-0.2, 0) is 6.42 Å². The smallest absolute Gasteiger partial charge is 0.125 e. The quantitative estimate of drug-likeness (QED) is 0.825. The molecule has 2 nitrogen and oxygen atoms in total. The highest BCUT2D eigenvalue weighted by Crippen LogP contribution is 2.39. The van der Waals surface area contributed by atoms with Crippen LogP contribution in [0.25, 0.3) is 0 Å². The standard InChI is InChI=1S/C13H17FN2/c14-11-3-1-9-5-6-16(13(9)7-11)12-4-2-10(12)8-15/h1,3,7,10,12H,2,4-6,8,15H2. The molecular weight excluding hydrogens is 203 g/mol. The molecule has 16 heavy (non-hydrogen) atoms. The first-order valence-electron chi connectivity index (χ1n) is 6.04. The fraction of sp³-hybridized carbons (Fsp3) is 0.538. The zero-order valence-corrected chi connectivity index (χ0v) is 9.32. The number of halogens is 1. The van der Waals surface area contributed by atoms with Crippen LogP contribution in [0.15, 0.2) is 18.2 Å². The molecule has 1 aliphatic heterocycles. The Morgan fingerprint density at radius 3 is 2.94 bits per heavy atom. The molecule has 0 aromatic heterocycles. The maximum absolute atomic E-state index is 13.2. The number of nitrogens with zero attached hydrogens (tertiary/aromatic N) is 1. The lowest BCUT2D eigenvalue weighted by Gasteiger charge is -2.43. The summed E-state index contributed by atoms with van der Waals surface area (Å²) in [5.74, 6) is 0.475. The van der Waals surface area contributed by atoms with Gasteiger partial charge in [0.2, 0.25) is 0 Å². The predicted octanol–water partition coefficient (Wildman–Crippen LogP) is 1.93. The zero-order chi connectivity index (χ0) is 11.1. The molecule has 2 aliphatic rings. The molecule has 1 aliphatic carbocycles. The van der Waals surface area contributed by atoms with Crippen molar-refractivity contribution in [1.29, 1.82) is 0 Å². The SMILES string of the molecule is NCC1CCC1N1CCc2ccc(F)cc21. The van der Waals surface area contributed by atoms with Gasteiger partial charge in [-0.1, -0.05) is 6.07 Å². The number of anilines is 1. The van der Waals surface area contributed by atoms with Crippen molar-refractivity contribution in [3.05, 3.63) is 29.6 Å². The van der Waals surface area contributed by atoms with E-state index in [0.29, 0.717) is 12.0 Å². The van der Waals surface area contributed by atoms with E-state index in [-0.39, 0.29) is 5.82 Å². The summed E-state index contributed by atoms with van der Waals surface area (Å²) in [5.41, 5.74) is 8.12. The molecule has 1 aromatic rings. The second kappa shape index (κ2) is 3.74. The van der Waals surface area contributed by atoms with Crippen molar-refractivity contribution in [1.82, 2.24) is 0 Å². The maximum Gasteiger partial charge on any atom is 0.125 e. The molecule has 0 bridgehead atoms. The van der Waals surface area contributed by atoms with Gasteiger partial charge in [0, 0.05) is 18.3 Å². The molecule has 0 amide bonds. The molecule has 3 heteroatoms. The van der Waals surface area contributed by atoms with Gasteiger partial charge in [-0.25, -0.2) is 4.39 Å². The van der Waals surface area contributed by atoms with Crippen molar-refractivity contribution < 1.29 is 4.39 Å². The van der Waals surface area contributed by atoms with Crippen LogP contribution in [0.3, 0.4) is 0 Å². The Kier molecular flexibility index (Phi) is 2.36. The maximum atomic E-state index is 13.2. The fourth-order valence-electron chi connectivity index (χ4n) is 2.96. The number of hydrogen-bond acceptors (Lipinski definition) is 2. The van der Waals surface area contributed by atoms with Gasteiger partial charge in [-0.2, -0.15) is 0 Å². The molecule has 1 aromatic carbocycles. The van der Waals surface area contributed by atoms with Crippen molar-refractivity contribution in [2.75, 3.05) is 18.0 Å². The van der Waals surface area contributed by atoms with Gasteiger partial charge in [0.05, 0.1) is 0 Å². The number of fused-ring (bicyclic) bond motifs is 1. The average molecular weight is 220 g/mol. The van der Waals surface area contributed by atoms with E-state index in [0.717, 1.165) is 25.2 Å². The molecule has 3 rings (SSSR count). The number of hydrogen-bond donors (Lipinski definition) is 1. The van der Waals surface area contributed by atoms with Gasteiger partial charge < -0.3 is 10.6 Å². The first-order valence-corrected chi connectivity index (χ1v) is 6.04. The van der Waals surface area contributed by atoms with Crippen molar-refractivity contribution in [3.63, 3.8) is 0 Å². The molecule has 1 heterocycles. The first kappa shape index (κ1) is 10.1. The van der Waals surface area contributed by atoms with Gasteiger partial charge in [0.1, 0.15) is 5.82 Å². The lowest BCUT2D eigenvalue weighted by Crippen LogP contribution is -2.49. The largest absolute Gasteiger partial charge is 0.368 e. The molecule has 86 valence electrons. The molecule has 2 N–H and O–H groups in total. The minimum absolute atomic E-state index is 0.130. The minimum Gasteiger partial charge on any atom is -0.368 e. The second-order valence-electron chi connectivity index (χ2n) is 4.86. The summed E-state index contributed by atoms with van der Waals surface area (Å²) in [6.07, 6.45) is 3.48. The van der Waals surface area contributed by atoms with Crippen molar-refractivity contribution >= 4 is 5.69 Å². The minimum atomic E-state index is -0.130. The number of nitrogens with two attached hydrogens (primary N) is 1. The van der Waals surface area contributed by atoms with Gasteiger partial charge in [-0.15, -0.1) is 0 Å². The van der Waals surface area contributed by atoms with E-state index in [2.05, 4.69) is 4.90 Å². The molecule has 1 saturated carbocycles. The number of rotatable bonds is 2. The Balaban J connectivity index is 1.88.